The van der Waals surface area contributed by atoms with Gasteiger partial charge in [-0.25, -0.2) is 9.97 Å². The second kappa shape index (κ2) is 12.2. The summed E-state index contributed by atoms with van der Waals surface area (Å²) in [6.07, 6.45) is 0. The summed E-state index contributed by atoms with van der Waals surface area (Å²) in [7, 11) is 0. The predicted molar refractivity (Wildman–Crippen MR) is 229 cm³/mol. The van der Waals surface area contributed by atoms with Crippen molar-refractivity contribution in [3.8, 4) is 44.8 Å². The lowest BCUT2D eigenvalue weighted by atomic mass is 9.88. The van der Waals surface area contributed by atoms with Crippen LogP contribution in [-0.4, -0.2) is 9.97 Å². The van der Waals surface area contributed by atoms with Gasteiger partial charge in [-0.3, -0.25) is 0 Å². The molecule has 0 fully saturated rings. The normalized spacial score (nSPS) is 11.7. The summed E-state index contributed by atoms with van der Waals surface area (Å²) >= 11 is 0. The Kier molecular flexibility index (Phi) is 6.90. The molecule has 0 aliphatic rings. The van der Waals surface area contributed by atoms with Crippen LogP contribution in [0, 0.1) is 0 Å². The zero-order valence-electron chi connectivity index (χ0n) is 29.4. The lowest BCUT2D eigenvalue weighted by Gasteiger charge is -2.17. The summed E-state index contributed by atoms with van der Waals surface area (Å²) < 4.78 is 0. The first-order valence-corrected chi connectivity index (χ1v) is 18.5. The van der Waals surface area contributed by atoms with E-state index < -0.39 is 0 Å². The topological polar surface area (TPSA) is 25.8 Å². The maximum atomic E-state index is 5.51. The molecule has 0 saturated heterocycles. The Morgan fingerprint density at radius 1 is 0.278 bits per heavy atom. The molecule has 9 aromatic carbocycles. The van der Waals surface area contributed by atoms with Gasteiger partial charge in [0.25, 0.3) is 0 Å². The lowest BCUT2D eigenvalue weighted by molar-refractivity contribution is 1.40. The quantitative estimate of drug-likeness (QED) is 0.172. The van der Waals surface area contributed by atoms with Gasteiger partial charge in [0.05, 0.1) is 22.4 Å². The number of aromatic nitrogens is 2. The molecule has 2 heterocycles. The highest BCUT2D eigenvalue weighted by atomic mass is 14.7. The molecule has 0 bridgehead atoms. The van der Waals surface area contributed by atoms with Crippen LogP contribution >= 0.6 is 0 Å². The summed E-state index contributed by atoms with van der Waals surface area (Å²) in [4.78, 5) is 10.7. The molecule has 11 aromatic rings. The molecule has 250 valence electrons. The van der Waals surface area contributed by atoms with Crippen LogP contribution in [0.4, 0.5) is 0 Å². The largest absolute Gasteiger partial charge is 0.247 e. The SMILES string of the molecule is c1ccc2c(-c3cc4c(-c5cccc6ccccc56)cc(-c5ccc(-c6nc7ccccc7c7ccccc67)cc5)nc4c4ccccc34)cccc2c1. The van der Waals surface area contributed by atoms with Gasteiger partial charge >= 0.3 is 0 Å². The third-order valence-corrected chi connectivity index (χ3v) is 11.0. The number of pyridine rings is 2. The van der Waals surface area contributed by atoms with Gasteiger partial charge in [-0.2, -0.15) is 0 Å². The van der Waals surface area contributed by atoms with Crippen molar-refractivity contribution < 1.29 is 0 Å². The molecular formula is C52H32N2. The molecule has 0 unspecified atom stereocenters. The second-order valence-corrected chi connectivity index (χ2v) is 14.1. The third-order valence-electron chi connectivity index (χ3n) is 11.0. The minimum absolute atomic E-state index is 0.941. The maximum absolute atomic E-state index is 5.51. The standard InChI is InChI=1S/C52H32N2/c1-3-17-37-33(13-1)15-11-24-39(37)46-31-48-47(40-25-12-16-34-14-2-4-18-38(34)40)32-50(54-52(48)45-23-8-6-20-42(45)46)35-27-29-36(30-28-35)51-44-22-7-5-19-41(44)43-21-9-10-26-49(43)53-51/h1-32H. The monoisotopic (exact) mass is 684 g/mol. The molecule has 11 rings (SSSR count). The Morgan fingerprint density at radius 3 is 1.46 bits per heavy atom. The van der Waals surface area contributed by atoms with E-state index >= 15 is 0 Å². The van der Waals surface area contributed by atoms with Gasteiger partial charge in [0.15, 0.2) is 0 Å². The van der Waals surface area contributed by atoms with Gasteiger partial charge in [-0.1, -0.05) is 176 Å². The highest BCUT2D eigenvalue weighted by Gasteiger charge is 2.18. The van der Waals surface area contributed by atoms with Gasteiger partial charge in [-0.05, 0) is 72.8 Å². The Hall–Kier alpha value is -7.16. The van der Waals surface area contributed by atoms with Crippen LogP contribution in [0.2, 0.25) is 0 Å². The van der Waals surface area contributed by atoms with Gasteiger partial charge < -0.3 is 0 Å². The van der Waals surface area contributed by atoms with Crippen molar-refractivity contribution in [3.05, 3.63) is 194 Å². The van der Waals surface area contributed by atoms with Crippen LogP contribution in [0.3, 0.4) is 0 Å². The Balaban J connectivity index is 1.16. The fourth-order valence-electron chi connectivity index (χ4n) is 8.49. The fraction of sp³-hybridized carbons (Fsp3) is 0. The zero-order chi connectivity index (χ0) is 35.6. The number of nitrogens with zero attached hydrogens (tertiary/aromatic N) is 2. The number of para-hydroxylation sites is 1. The smallest absolute Gasteiger partial charge is 0.0794 e. The minimum atomic E-state index is 0.941. The molecule has 0 aliphatic heterocycles. The lowest BCUT2D eigenvalue weighted by Crippen LogP contribution is -1.94. The zero-order valence-corrected chi connectivity index (χ0v) is 29.4. The highest BCUT2D eigenvalue weighted by molar-refractivity contribution is 6.19. The van der Waals surface area contributed by atoms with E-state index in [1.54, 1.807) is 0 Å². The van der Waals surface area contributed by atoms with Crippen molar-refractivity contribution in [2.45, 2.75) is 0 Å². The van der Waals surface area contributed by atoms with E-state index in [9.17, 15) is 0 Å². The van der Waals surface area contributed by atoms with Crippen LogP contribution in [-0.2, 0) is 0 Å². The summed E-state index contributed by atoms with van der Waals surface area (Å²) in [6, 6.07) is 69.8. The Morgan fingerprint density at radius 2 is 0.778 bits per heavy atom. The van der Waals surface area contributed by atoms with Gasteiger partial charge in [0, 0.05) is 32.7 Å². The van der Waals surface area contributed by atoms with Crippen molar-refractivity contribution in [1.82, 2.24) is 9.97 Å². The summed E-state index contributed by atoms with van der Waals surface area (Å²) in [5, 5.41) is 11.9. The number of rotatable bonds is 4. The van der Waals surface area contributed by atoms with Gasteiger partial charge in [-0.15, -0.1) is 0 Å². The van der Waals surface area contributed by atoms with Gasteiger partial charge in [0.2, 0.25) is 0 Å². The minimum Gasteiger partial charge on any atom is -0.247 e. The van der Waals surface area contributed by atoms with Crippen molar-refractivity contribution in [2.75, 3.05) is 0 Å². The van der Waals surface area contributed by atoms with E-state index in [0.29, 0.717) is 0 Å². The second-order valence-electron chi connectivity index (χ2n) is 14.1. The first-order valence-electron chi connectivity index (χ1n) is 18.5. The number of benzene rings is 9. The number of hydrogen-bond donors (Lipinski definition) is 0. The van der Waals surface area contributed by atoms with E-state index in [-0.39, 0.29) is 0 Å². The van der Waals surface area contributed by atoms with Crippen LogP contribution in [0.1, 0.15) is 0 Å². The molecule has 54 heavy (non-hydrogen) atoms. The highest BCUT2D eigenvalue weighted by Crippen LogP contribution is 2.43. The fourth-order valence-corrected chi connectivity index (χ4v) is 8.49. The van der Waals surface area contributed by atoms with Crippen molar-refractivity contribution >= 4 is 64.9 Å². The molecule has 2 heteroatoms. The van der Waals surface area contributed by atoms with E-state index in [1.807, 2.05) is 0 Å². The molecule has 0 saturated carbocycles. The third kappa shape index (κ3) is 4.81. The molecule has 0 spiro atoms. The van der Waals surface area contributed by atoms with E-state index in [2.05, 4.69) is 194 Å². The Labute approximate surface area is 312 Å². The molecule has 2 nitrogen and oxygen atoms in total. The van der Waals surface area contributed by atoms with E-state index in [1.165, 1.54) is 60.0 Å². The summed E-state index contributed by atoms with van der Waals surface area (Å²) in [5.74, 6) is 0. The van der Waals surface area contributed by atoms with Crippen molar-refractivity contribution in [3.63, 3.8) is 0 Å². The van der Waals surface area contributed by atoms with Crippen molar-refractivity contribution in [1.29, 1.82) is 0 Å². The molecule has 0 N–H and O–H groups in total. The predicted octanol–water partition coefficient (Wildman–Crippen LogP) is 14.1. The van der Waals surface area contributed by atoms with Crippen LogP contribution in [0.25, 0.3) is 110 Å². The van der Waals surface area contributed by atoms with E-state index in [0.717, 1.165) is 49.7 Å². The van der Waals surface area contributed by atoms with Gasteiger partial charge in [0.1, 0.15) is 0 Å². The molecule has 2 aromatic heterocycles. The molecule has 0 amide bonds. The van der Waals surface area contributed by atoms with E-state index in [4.69, 9.17) is 9.97 Å². The van der Waals surface area contributed by atoms with Crippen LogP contribution < -0.4 is 0 Å². The molecule has 0 atom stereocenters. The first-order chi connectivity index (χ1) is 26.8. The average Bonchev–Trinajstić information content (AvgIpc) is 3.25. The number of hydrogen-bond acceptors (Lipinski definition) is 2. The Bertz CT molecular complexity index is 3260. The molecule has 0 aliphatic carbocycles. The molecular weight excluding hydrogens is 653 g/mol. The van der Waals surface area contributed by atoms with Crippen LogP contribution in [0.15, 0.2) is 194 Å². The molecule has 0 radical (unpaired) electrons. The summed E-state index contributed by atoms with van der Waals surface area (Å²) in [6.45, 7) is 0. The number of fused-ring (bicyclic) bond motifs is 8. The maximum Gasteiger partial charge on any atom is 0.0794 e. The van der Waals surface area contributed by atoms with Crippen molar-refractivity contribution in [2.24, 2.45) is 0 Å². The average molecular weight is 685 g/mol. The van der Waals surface area contributed by atoms with Crippen LogP contribution in [0.5, 0.6) is 0 Å². The first kappa shape index (κ1) is 30.5. The summed E-state index contributed by atoms with van der Waals surface area (Å²) in [5.41, 5.74) is 10.9.